The van der Waals surface area contributed by atoms with Gasteiger partial charge in [0.2, 0.25) is 0 Å². The molecule has 4 heteroatoms. The standard InChI is InChI=1S/C15H28O4/c1-11(16)10-15(19,12(17)13(2,3)4)9-7-8-14(5,6)18/h18-19H,7-10H2,1-6H3. The first-order chi connectivity index (χ1) is 8.28. The van der Waals surface area contributed by atoms with Gasteiger partial charge in [0.1, 0.15) is 11.4 Å². The molecule has 1 atom stereocenters. The highest BCUT2D eigenvalue weighted by atomic mass is 16.3. The highest BCUT2D eigenvalue weighted by Gasteiger charge is 2.42. The predicted octanol–water partition coefficient (Wildman–Crippen LogP) is 2.25. The van der Waals surface area contributed by atoms with Crippen molar-refractivity contribution in [3.8, 4) is 0 Å². The fourth-order valence-corrected chi connectivity index (χ4v) is 2.21. The van der Waals surface area contributed by atoms with Gasteiger partial charge in [0.25, 0.3) is 0 Å². The Kier molecular flexibility index (Phi) is 5.90. The van der Waals surface area contributed by atoms with Gasteiger partial charge in [0, 0.05) is 11.8 Å². The smallest absolute Gasteiger partial charge is 0.170 e. The lowest BCUT2D eigenvalue weighted by Crippen LogP contribution is -2.47. The van der Waals surface area contributed by atoms with Gasteiger partial charge in [-0.3, -0.25) is 9.59 Å². The van der Waals surface area contributed by atoms with Crippen molar-refractivity contribution in [1.29, 1.82) is 0 Å². The van der Waals surface area contributed by atoms with Gasteiger partial charge in [-0.05, 0) is 40.0 Å². The molecule has 0 aliphatic heterocycles. The molecule has 2 N–H and O–H groups in total. The number of carbonyl (C=O) groups is 2. The number of carbonyl (C=O) groups excluding carboxylic acids is 2. The summed E-state index contributed by atoms with van der Waals surface area (Å²) in [4.78, 5) is 23.6. The van der Waals surface area contributed by atoms with E-state index in [1.54, 1.807) is 34.6 Å². The molecule has 0 amide bonds. The van der Waals surface area contributed by atoms with Crippen LogP contribution in [0.5, 0.6) is 0 Å². The predicted molar refractivity (Wildman–Crippen MR) is 74.9 cm³/mol. The average Bonchev–Trinajstić information content (AvgIpc) is 2.11. The summed E-state index contributed by atoms with van der Waals surface area (Å²) >= 11 is 0. The highest BCUT2D eigenvalue weighted by Crippen LogP contribution is 2.30. The lowest BCUT2D eigenvalue weighted by molar-refractivity contribution is -0.150. The first-order valence-electron chi connectivity index (χ1n) is 6.77. The molecule has 0 spiro atoms. The van der Waals surface area contributed by atoms with Gasteiger partial charge >= 0.3 is 0 Å². The molecule has 19 heavy (non-hydrogen) atoms. The molecule has 0 aromatic heterocycles. The van der Waals surface area contributed by atoms with Crippen LogP contribution < -0.4 is 0 Å². The number of hydrogen-bond acceptors (Lipinski definition) is 4. The van der Waals surface area contributed by atoms with E-state index in [9.17, 15) is 19.8 Å². The summed E-state index contributed by atoms with van der Waals surface area (Å²) in [7, 11) is 0. The monoisotopic (exact) mass is 272 g/mol. The molecule has 112 valence electrons. The van der Waals surface area contributed by atoms with Crippen LogP contribution in [0.1, 0.15) is 67.2 Å². The van der Waals surface area contributed by atoms with Gasteiger partial charge in [-0.25, -0.2) is 0 Å². The fourth-order valence-electron chi connectivity index (χ4n) is 2.21. The maximum absolute atomic E-state index is 12.3. The number of Topliss-reactive ketones (excluding diaryl/α,β-unsaturated/α-hetero) is 2. The first-order valence-corrected chi connectivity index (χ1v) is 6.77. The van der Waals surface area contributed by atoms with Crippen LogP contribution in [-0.2, 0) is 9.59 Å². The van der Waals surface area contributed by atoms with E-state index >= 15 is 0 Å². The van der Waals surface area contributed by atoms with Crippen molar-refractivity contribution >= 4 is 11.6 Å². The number of rotatable bonds is 7. The van der Waals surface area contributed by atoms with Crippen LogP contribution in [0, 0.1) is 5.41 Å². The molecule has 0 fully saturated rings. The molecule has 0 bridgehead atoms. The molecular formula is C15H28O4. The van der Waals surface area contributed by atoms with Gasteiger partial charge in [-0.1, -0.05) is 20.8 Å². The van der Waals surface area contributed by atoms with Crippen molar-refractivity contribution in [1.82, 2.24) is 0 Å². The van der Waals surface area contributed by atoms with Gasteiger partial charge in [0.05, 0.1) is 5.60 Å². The van der Waals surface area contributed by atoms with Crippen molar-refractivity contribution in [2.45, 2.75) is 78.4 Å². The summed E-state index contributed by atoms with van der Waals surface area (Å²) in [6.07, 6.45) is 1.02. The minimum Gasteiger partial charge on any atom is -0.390 e. The zero-order valence-electron chi connectivity index (χ0n) is 13.0. The largest absolute Gasteiger partial charge is 0.390 e. The Bertz CT molecular complexity index is 333. The second kappa shape index (κ2) is 6.14. The van der Waals surface area contributed by atoms with Gasteiger partial charge in [-0.2, -0.15) is 0 Å². The number of aliphatic hydroxyl groups is 2. The van der Waals surface area contributed by atoms with Crippen molar-refractivity contribution in [3.63, 3.8) is 0 Å². The highest BCUT2D eigenvalue weighted by molar-refractivity contribution is 5.95. The SMILES string of the molecule is CC(=O)CC(O)(CCCC(C)(C)O)C(=O)C(C)(C)C. The molecule has 0 aromatic carbocycles. The summed E-state index contributed by atoms with van der Waals surface area (Å²) < 4.78 is 0. The topological polar surface area (TPSA) is 74.6 Å². The molecule has 4 nitrogen and oxygen atoms in total. The molecule has 0 radical (unpaired) electrons. The van der Waals surface area contributed by atoms with E-state index in [0.717, 1.165) is 0 Å². The molecule has 0 saturated carbocycles. The Morgan fingerprint density at radius 2 is 1.42 bits per heavy atom. The number of hydrogen-bond donors (Lipinski definition) is 2. The average molecular weight is 272 g/mol. The van der Waals surface area contributed by atoms with E-state index in [4.69, 9.17) is 0 Å². The van der Waals surface area contributed by atoms with Gasteiger partial charge in [0.15, 0.2) is 5.78 Å². The third-order valence-corrected chi connectivity index (χ3v) is 3.02. The van der Waals surface area contributed by atoms with E-state index in [2.05, 4.69) is 0 Å². The van der Waals surface area contributed by atoms with Crippen LogP contribution in [0.2, 0.25) is 0 Å². The Labute approximate surface area is 116 Å². The van der Waals surface area contributed by atoms with Crippen LogP contribution in [0.15, 0.2) is 0 Å². The quantitative estimate of drug-likeness (QED) is 0.745. The van der Waals surface area contributed by atoms with E-state index in [1.807, 2.05) is 0 Å². The van der Waals surface area contributed by atoms with Gasteiger partial charge < -0.3 is 10.2 Å². The van der Waals surface area contributed by atoms with Crippen molar-refractivity contribution in [3.05, 3.63) is 0 Å². The van der Waals surface area contributed by atoms with E-state index in [-0.39, 0.29) is 24.4 Å². The first kappa shape index (κ1) is 18.3. The molecule has 0 saturated heterocycles. The molecule has 0 heterocycles. The second-order valence-electron chi connectivity index (χ2n) is 7.16. The maximum Gasteiger partial charge on any atom is 0.170 e. The summed E-state index contributed by atoms with van der Waals surface area (Å²) in [5, 5.41) is 20.2. The Hall–Kier alpha value is -0.740. The van der Waals surface area contributed by atoms with Crippen molar-refractivity contribution < 1.29 is 19.8 Å². The third-order valence-electron chi connectivity index (χ3n) is 3.02. The lowest BCUT2D eigenvalue weighted by atomic mass is 9.75. The third kappa shape index (κ3) is 6.83. The number of ketones is 2. The van der Waals surface area contributed by atoms with E-state index in [1.165, 1.54) is 6.92 Å². The zero-order valence-corrected chi connectivity index (χ0v) is 13.0. The summed E-state index contributed by atoms with van der Waals surface area (Å²) in [6.45, 7) is 9.94. The Morgan fingerprint density at radius 1 is 0.947 bits per heavy atom. The molecule has 1 unspecified atom stereocenters. The summed E-state index contributed by atoms with van der Waals surface area (Å²) in [5.41, 5.74) is -3.14. The minimum absolute atomic E-state index is 0.158. The lowest BCUT2D eigenvalue weighted by Gasteiger charge is -2.32. The van der Waals surface area contributed by atoms with Crippen LogP contribution in [0.4, 0.5) is 0 Å². The normalized spacial score (nSPS) is 16.0. The van der Waals surface area contributed by atoms with E-state index in [0.29, 0.717) is 12.8 Å². The molecule has 0 aromatic rings. The molecule has 0 aliphatic rings. The fraction of sp³-hybridized carbons (Fsp3) is 0.867. The van der Waals surface area contributed by atoms with Crippen LogP contribution in [0.25, 0.3) is 0 Å². The summed E-state index contributed by atoms with van der Waals surface area (Å²) in [6, 6.07) is 0. The summed E-state index contributed by atoms with van der Waals surface area (Å²) in [5.74, 6) is -0.519. The van der Waals surface area contributed by atoms with Crippen LogP contribution in [-0.4, -0.2) is 33.0 Å². The zero-order chi connectivity index (χ0) is 15.5. The Balaban J connectivity index is 4.89. The second-order valence-corrected chi connectivity index (χ2v) is 7.16. The van der Waals surface area contributed by atoms with Crippen molar-refractivity contribution in [2.24, 2.45) is 5.41 Å². The molecule has 0 aliphatic carbocycles. The minimum atomic E-state index is -1.62. The molecular weight excluding hydrogens is 244 g/mol. The van der Waals surface area contributed by atoms with Crippen LogP contribution in [0.3, 0.4) is 0 Å². The van der Waals surface area contributed by atoms with Crippen molar-refractivity contribution in [2.75, 3.05) is 0 Å². The Morgan fingerprint density at radius 3 is 1.74 bits per heavy atom. The molecule has 0 rings (SSSR count). The maximum atomic E-state index is 12.3. The van der Waals surface area contributed by atoms with Gasteiger partial charge in [-0.15, -0.1) is 0 Å². The van der Waals surface area contributed by atoms with E-state index < -0.39 is 16.6 Å². The van der Waals surface area contributed by atoms with Crippen LogP contribution >= 0.6 is 0 Å².